The molecule has 0 amide bonds. The van der Waals surface area contributed by atoms with Gasteiger partial charge in [-0.05, 0) is 29.6 Å². The first-order chi connectivity index (χ1) is 7.30. The maximum atomic E-state index is 5.54. The van der Waals surface area contributed by atoms with Gasteiger partial charge in [0.25, 0.3) is 0 Å². The van der Waals surface area contributed by atoms with Crippen molar-refractivity contribution >= 4 is 10.5 Å². The van der Waals surface area contributed by atoms with Crippen LogP contribution in [0.5, 0.6) is 0 Å². The highest BCUT2D eigenvalue weighted by Gasteiger charge is 2.43. The Morgan fingerprint density at radius 1 is 1.31 bits per heavy atom. The molecule has 16 heavy (non-hydrogen) atoms. The van der Waals surface area contributed by atoms with E-state index in [0.717, 1.165) is 23.0 Å². The predicted molar refractivity (Wildman–Crippen MR) is 74.3 cm³/mol. The van der Waals surface area contributed by atoms with E-state index >= 15 is 0 Å². The third-order valence-corrected chi connectivity index (χ3v) is 4.66. The molecule has 1 aliphatic carbocycles. The summed E-state index contributed by atoms with van der Waals surface area (Å²) < 4.78 is 5.54. The second kappa shape index (κ2) is 5.22. The molecule has 1 unspecified atom stereocenters. The van der Waals surface area contributed by atoms with E-state index in [1.54, 1.807) is 5.92 Å². The summed E-state index contributed by atoms with van der Waals surface area (Å²) in [6.45, 7) is 13.0. The van der Waals surface area contributed by atoms with E-state index in [1.165, 1.54) is 25.7 Å². The van der Waals surface area contributed by atoms with Gasteiger partial charge in [0.15, 0.2) is 0 Å². The van der Waals surface area contributed by atoms with E-state index < -0.39 is 0 Å². The first-order valence-electron chi connectivity index (χ1n) is 6.64. The molecule has 0 aliphatic heterocycles. The van der Waals surface area contributed by atoms with Gasteiger partial charge in [0.1, 0.15) is 10.5 Å². The molecule has 0 aromatic heterocycles. The highest BCUT2D eigenvalue weighted by atomic mass is 28.2. The van der Waals surface area contributed by atoms with Gasteiger partial charge >= 0.3 is 0 Å². The Balaban J connectivity index is 2.90. The predicted octanol–water partition coefficient (Wildman–Crippen LogP) is 3.12. The topological polar surface area (TPSA) is 9.23 Å². The molecule has 1 aliphatic rings. The summed E-state index contributed by atoms with van der Waals surface area (Å²) in [7, 11) is 0.862. The van der Waals surface area contributed by atoms with Crippen molar-refractivity contribution < 1.29 is 4.43 Å². The minimum absolute atomic E-state index is 0.346. The van der Waals surface area contributed by atoms with Crippen LogP contribution in [-0.2, 0) is 4.43 Å². The van der Waals surface area contributed by atoms with Crippen molar-refractivity contribution in [2.24, 2.45) is 16.7 Å². The van der Waals surface area contributed by atoms with Gasteiger partial charge in [0, 0.05) is 12.5 Å². The van der Waals surface area contributed by atoms with E-state index in [1.807, 2.05) is 0 Å². The molecule has 0 saturated heterocycles. The van der Waals surface area contributed by atoms with Crippen molar-refractivity contribution in [3.8, 4) is 0 Å². The molecule has 1 radical (unpaired) electrons. The average molecular weight is 241 g/mol. The Morgan fingerprint density at radius 3 is 2.44 bits per heavy atom. The lowest BCUT2D eigenvalue weighted by molar-refractivity contribution is 0.0818. The van der Waals surface area contributed by atoms with Crippen molar-refractivity contribution in [2.45, 2.75) is 60.3 Å². The Hall–Kier alpha value is 0.177. The zero-order valence-corrected chi connectivity index (χ0v) is 14.0. The van der Waals surface area contributed by atoms with Gasteiger partial charge in [-0.3, -0.25) is 0 Å². The standard InChI is InChI=1S/C14H29OSi/c1-13(2,3)12-9-7-6-8-11(10-15-16)14(12,4)5/h12H,6-10H2,1-5,16H3. The number of hydrogen-bond acceptors (Lipinski definition) is 1. The summed E-state index contributed by atoms with van der Waals surface area (Å²) in [4.78, 5) is 0. The normalized spacial score (nSPS) is 27.9. The Bertz CT molecular complexity index is 217. The summed E-state index contributed by atoms with van der Waals surface area (Å²) in [5, 5.41) is 0. The third-order valence-electron chi connectivity index (χ3n) is 4.37. The summed E-state index contributed by atoms with van der Waals surface area (Å²) in [5.74, 6) is 2.44. The van der Waals surface area contributed by atoms with Gasteiger partial charge in [0.2, 0.25) is 0 Å². The fourth-order valence-electron chi connectivity index (χ4n) is 3.56. The van der Waals surface area contributed by atoms with Gasteiger partial charge in [0.05, 0.1) is 0 Å². The molecule has 0 aromatic carbocycles. The molecule has 95 valence electrons. The number of hydrogen-bond donors (Lipinski definition) is 0. The van der Waals surface area contributed by atoms with E-state index in [0.29, 0.717) is 10.8 Å². The molecule has 1 atom stereocenters. The van der Waals surface area contributed by atoms with Crippen LogP contribution in [0, 0.1) is 22.7 Å². The molecule has 1 fully saturated rings. The molecule has 0 spiro atoms. The van der Waals surface area contributed by atoms with Gasteiger partial charge in [-0.15, -0.1) is 0 Å². The van der Waals surface area contributed by atoms with Crippen LogP contribution in [-0.4, -0.2) is 17.1 Å². The smallest absolute Gasteiger partial charge is 0.145 e. The summed E-state index contributed by atoms with van der Waals surface area (Å²) >= 11 is 0. The van der Waals surface area contributed by atoms with E-state index in [-0.39, 0.29) is 0 Å². The lowest BCUT2D eigenvalue weighted by Crippen LogP contribution is -2.39. The van der Waals surface area contributed by atoms with Gasteiger partial charge in [-0.2, -0.15) is 0 Å². The lowest BCUT2D eigenvalue weighted by Gasteiger charge is -2.45. The first kappa shape index (κ1) is 14.2. The summed E-state index contributed by atoms with van der Waals surface area (Å²) in [5.41, 5.74) is 0.753. The maximum Gasteiger partial charge on any atom is 0.145 e. The van der Waals surface area contributed by atoms with Crippen LogP contribution in [0.1, 0.15) is 60.3 Å². The Kier molecular flexibility index (Phi) is 4.64. The minimum atomic E-state index is 0.346. The highest BCUT2D eigenvalue weighted by Crippen LogP contribution is 2.51. The van der Waals surface area contributed by atoms with Crippen molar-refractivity contribution in [1.29, 1.82) is 0 Å². The number of rotatable bonds is 2. The quantitative estimate of drug-likeness (QED) is 0.533. The fraction of sp³-hybridized carbons (Fsp3) is 0.929. The second-order valence-corrected chi connectivity index (χ2v) is 7.50. The van der Waals surface area contributed by atoms with Crippen LogP contribution in [0.15, 0.2) is 0 Å². The van der Waals surface area contributed by atoms with Crippen LogP contribution < -0.4 is 0 Å². The van der Waals surface area contributed by atoms with Crippen molar-refractivity contribution in [3.63, 3.8) is 0 Å². The minimum Gasteiger partial charge on any atom is -0.427 e. The summed E-state index contributed by atoms with van der Waals surface area (Å²) in [6.07, 6.45) is 5.40. The van der Waals surface area contributed by atoms with Crippen LogP contribution in [0.4, 0.5) is 0 Å². The Morgan fingerprint density at radius 2 is 1.94 bits per heavy atom. The SMILES string of the molecule is CC(C)(C)C1CCCC[C](CO[SiH3])C1(C)C. The second-order valence-electron chi connectivity index (χ2n) is 6.92. The van der Waals surface area contributed by atoms with Gasteiger partial charge in [-0.1, -0.05) is 47.5 Å². The molecular weight excluding hydrogens is 212 g/mol. The maximum absolute atomic E-state index is 5.54. The molecule has 1 nitrogen and oxygen atoms in total. The lowest BCUT2D eigenvalue weighted by atomic mass is 9.60. The molecule has 0 N–H and O–H groups in total. The molecule has 0 aromatic rings. The third kappa shape index (κ3) is 3.10. The molecule has 0 heterocycles. The largest absolute Gasteiger partial charge is 0.427 e. The van der Waals surface area contributed by atoms with Crippen LogP contribution in [0.3, 0.4) is 0 Å². The van der Waals surface area contributed by atoms with Gasteiger partial charge < -0.3 is 4.43 Å². The molecule has 1 rings (SSSR count). The zero-order chi connectivity index (χ0) is 12.4. The van der Waals surface area contributed by atoms with Crippen molar-refractivity contribution in [2.75, 3.05) is 6.61 Å². The van der Waals surface area contributed by atoms with Crippen molar-refractivity contribution in [1.82, 2.24) is 0 Å². The first-order valence-corrected chi connectivity index (χ1v) is 7.46. The van der Waals surface area contributed by atoms with Gasteiger partial charge in [-0.25, -0.2) is 0 Å². The monoisotopic (exact) mass is 241 g/mol. The average Bonchev–Trinajstić information content (AvgIpc) is 2.25. The zero-order valence-electron chi connectivity index (χ0n) is 12.0. The van der Waals surface area contributed by atoms with Crippen LogP contribution in [0.2, 0.25) is 0 Å². The highest BCUT2D eigenvalue weighted by molar-refractivity contribution is 5.98. The molecular formula is C14H29OSi. The Labute approximate surface area is 105 Å². The van der Waals surface area contributed by atoms with Crippen LogP contribution in [0.25, 0.3) is 0 Å². The van der Waals surface area contributed by atoms with Crippen LogP contribution >= 0.6 is 0 Å². The fourth-order valence-corrected chi connectivity index (χ4v) is 3.91. The molecule has 1 saturated carbocycles. The summed E-state index contributed by atoms with van der Waals surface area (Å²) in [6, 6.07) is 0. The van der Waals surface area contributed by atoms with E-state index in [9.17, 15) is 0 Å². The van der Waals surface area contributed by atoms with E-state index in [4.69, 9.17) is 4.43 Å². The van der Waals surface area contributed by atoms with Crippen molar-refractivity contribution in [3.05, 3.63) is 5.92 Å². The molecule has 0 bridgehead atoms. The molecule has 2 heteroatoms. The van der Waals surface area contributed by atoms with E-state index in [2.05, 4.69) is 34.6 Å².